The van der Waals surface area contributed by atoms with Gasteiger partial charge in [-0.05, 0) is 13.0 Å². The lowest BCUT2D eigenvalue weighted by atomic mass is 10.3. The first kappa shape index (κ1) is 8.74. The largest absolute Gasteiger partial charge is 0.286 e. The lowest BCUT2D eigenvalue weighted by Crippen LogP contribution is -2.34. The number of rotatable bonds is 2. The first-order chi connectivity index (χ1) is 6.84. The number of nitrogens with zero attached hydrogens (tertiary/aromatic N) is 4. The summed E-state index contributed by atoms with van der Waals surface area (Å²) in [6, 6.07) is 1.95. The topological polar surface area (TPSA) is 42.5 Å². The molecule has 70 valence electrons. The molecule has 4 heteroatoms. The molecule has 0 atom stereocenters. The molecule has 0 aromatic carbocycles. The normalized spacial score (nSPS) is 10.1. The Morgan fingerprint density at radius 1 is 1.29 bits per heavy atom. The molecule has 2 aromatic heterocycles. The highest BCUT2D eigenvalue weighted by Gasteiger charge is 2.00. The fourth-order valence-corrected chi connectivity index (χ4v) is 1.27. The molecule has 0 unspecified atom stereocenters. The number of aromatic nitrogens is 4. The van der Waals surface area contributed by atoms with Gasteiger partial charge in [0.15, 0.2) is 0 Å². The monoisotopic (exact) mass is 187 g/mol. The smallest absolute Gasteiger partial charge is 0.233 e. The van der Waals surface area contributed by atoms with Gasteiger partial charge in [-0.25, -0.2) is 4.57 Å². The molecule has 0 saturated heterocycles. The van der Waals surface area contributed by atoms with Gasteiger partial charge < -0.3 is 0 Å². The molecule has 0 bridgehead atoms. The van der Waals surface area contributed by atoms with Crippen LogP contribution in [-0.4, -0.2) is 15.2 Å². The molecular formula is C10H11N4+. The summed E-state index contributed by atoms with van der Waals surface area (Å²) in [4.78, 5) is 4.11. The van der Waals surface area contributed by atoms with Gasteiger partial charge in [0.05, 0.1) is 12.4 Å². The standard InChI is InChI=1S/C10H11N4/c1-9-4-11-8-14(6-9)7-10-2-3-12-13-5-10/h2-6,8H,7H2,1H3/q+1. The highest BCUT2D eigenvalue weighted by molar-refractivity contribution is 5.03. The molecule has 0 N–H and O–H groups in total. The zero-order valence-corrected chi connectivity index (χ0v) is 7.96. The van der Waals surface area contributed by atoms with Crippen LogP contribution >= 0.6 is 0 Å². The van der Waals surface area contributed by atoms with Crippen molar-refractivity contribution < 1.29 is 4.57 Å². The minimum Gasteiger partial charge on any atom is -0.233 e. The van der Waals surface area contributed by atoms with Crippen molar-refractivity contribution in [2.24, 2.45) is 0 Å². The minimum absolute atomic E-state index is 0.782. The summed E-state index contributed by atoms with van der Waals surface area (Å²) in [7, 11) is 0. The second-order valence-electron chi connectivity index (χ2n) is 3.19. The molecular weight excluding hydrogens is 176 g/mol. The molecule has 0 saturated carbocycles. The number of hydrogen-bond donors (Lipinski definition) is 0. The van der Waals surface area contributed by atoms with Crippen molar-refractivity contribution in [1.29, 1.82) is 0 Å². The lowest BCUT2D eigenvalue weighted by Gasteiger charge is -1.98. The summed E-state index contributed by atoms with van der Waals surface area (Å²) in [6.07, 6.45) is 9.14. The third kappa shape index (κ3) is 2.10. The van der Waals surface area contributed by atoms with Crippen molar-refractivity contribution in [3.05, 3.63) is 48.3 Å². The highest BCUT2D eigenvalue weighted by Crippen LogP contribution is 1.93. The average Bonchev–Trinajstić information content (AvgIpc) is 2.19. The van der Waals surface area contributed by atoms with Crippen LogP contribution in [-0.2, 0) is 6.54 Å². The summed E-state index contributed by atoms with van der Waals surface area (Å²) >= 11 is 0. The van der Waals surface area contributed by atoms with Gasteiger partial charge in [0.2, 0.25) is 0 Å². The Kier molecular flexibility index (Phi) is 2.44. The predicted molar refractivity (Wildman–Crippen MR) is 50.3 cm³/mol. The van der Waals surface area contributed by atoms with E-state index < -0.39 is 0 Å². The third-order valence-electron chi connectivity index (χ3n) is 1.87. The van der Waals surface area contributed by atoms with E-state index in [2.05, 4.69) is 15.2 Å². The Morgan fingerprint density at radius 3 is 2.93 bits per heavy atom. The quantitative estimate of drug-likeness (QED) is 0.643. The average molecular weight is 187 g/mol. The maximum atomic E-state index is 4.11. The zero-order chi connectivity index (χ0) is 9.80. The summed E-state index contributed by atoms with van der Waals surface area (Å²) in [6.45, 7) is 2.80. The fourth-order valence-electron chi connectivity index (χ4n) is 1.27. The van der Waals surface area contributed by atoms with E-state index in [1.54, 1.807) is 18.7 Å². The van der Waals surface area contributed by atoms with Crippen LogP contribution in [0.3, 0.4) is 0 Å². The summed E-state index contributed by atoms with van der Waals surface area (Å²) in [5.74, 6) is 0. The summed E-state index contributed by atoms with van der Waals surface area (Å²) in [5.41, 5.74) is 2.27. The summed E-state index contributed by atoms with van der Waals surface area (Å²) < 4.78 is 2.02. The van der Waals surface area contributed by atoms with E-state index >= 15 is 0 Å². The van der Waals surface area contributed by atoms with Crippen molar-refractivity contribution in [1.82, 2.24) is 15.2 Å². The molecule has 4 nitrogen and oxygen atoms in total. The first-order valence-electron chi connectivity index (χ1n) is 4.41. The molecule has 0 radical (unpaired) electrons. The van der Waals surface area contributed by atoms with Gasteiger partial charge in [-0.3, -0.25) is 0 Å². The maximum Gasteiger partial charge on any atom is 0.286 e. The molecule has 0 fully saturated rings. The van der Waals surface area contributed by atoms with Crippen LogP contribution in [0.1, 0.15) is 11.1 Å². The van der Waals surface area contributed by atoms with Crippen LogP contribution in [0.2, 0.25) is 0 Å². The molecule has 0 aliphatic carbocycles. The lowest BCUT2D eigenvalue weighted by molar-refractivity contribution is -0.691. The highest BCUT2D eigenvalue weighted by atomic mass is 15.1. The van der Waals surface area contributed by atoms with E-state index in [0.29, 0.717) is 0 Å². The van der Waals surface area contributed by atoms with Crippen LogP contribution in [0.5, 0.6) is 0 Å². The van der Waals surface area contributed by atoms with E-state index in [1.165, 1.54) is 0 Å². The van der Waals surface area contributed by atoms with Gasteiger partial charge >= 0.3 is 0 Å². The van der Waals surface area contributed by atoms with E-state index in [1.807, 2.05) is 30.0 Å². The van der Waals surface area contributed by atoms with Gasteiger partial charge in [0, 0.05) is 17.3 Å². The SMILES string of the molecule is Cc1cnc[n+](Cc2ccnnc2)c1. The van der Waals surface area contributed by atoms with Crippen LogP contribution < -0.4 is 4.57 Å². The molecule has 2 rings (SSSR count). The molecule has 0 aliphatic heterocycles. The van der Waals surface area contributed by atoms with E-state index in [0.717, 1.165) is 17.7 Å². The molecule has 14 heavy (non-hydrogen) atoms. The Morgan fingerprint density at radius 2 is 2.21 bits per heavy atom. The van der Waals surface area contributed by atoms with Gasteiger partial charge in [-0.15, -0.1) is 0 Å². The van der Waals surface area contributed by atoms with Gasteiger partial charge in [-0.2, -0.15) is 10.2 Å². The summed E-state index contributed by atoms with van der Waals surface area (Å²) in [5, 5.41) is 7.55. The number of aryl methyl sites for hydroxylation is 1. The van der Waals surface area contributed by atoms with E-state index in [-0.39, 0.29) is 0 Å². The third-order valence-corrected chi connectivity index (χ3v) is 1.87. The zero-order valence-electron chi connectivity index (χ0n) is 7.96. The molecule has 0 spiro atoms. The van der Waals surface area contributed by atoms with Crippen molar-refractivity contribution >= 4 is 0 Å². The Hall–Kier alpha value is -1.84. The molecule has 2 aromatic rings. The van der Waals surface area contributed by atoms with Crippen molar-refractivity contribution in [3.63, 3.8) is 0 Å². The van der Waals surface area contributed by atoms with Crippen molar-refractivity contribution in [3.8, 4) is 0 Å². The van der Waals surface area contributed by atoms with Crippen molar-refractivity contribution in [2.75, 3.05) is 0 Å². The van der Waals surface area contributed by atoms with Crippen LogP contribution in [0.25, 0.3) is 0 Å². The van der Waals surface area contributed by atoms with Gasteiger partial charge in [0.25, 0.3) is 6.33 Å². The van der Waals surface area contributed by atoms with Crippen LogP contribution in [0.4, 0.5) is 0 Å². The fraction of sp³-hybridized carbons (Fsp3) is 0.200. The Balaban J connectivity index is 2.19. The second-order valence-corrected chi connectivity index (χ2v) is 3.19. The second kappa shape index (κ2) is 3.91. The van der Waals surface area contributed by atoms with Crippen molar-refractivity contribution in [2.45, 2.75) is 13.5 Å². The predicted octanol–water partition coefficient (Wildman–Crippen LogP) is 0.516. The van der Waals surface area contributed by atoms with Gasteiger partial charge in [0.1, 0.15) is 12.7 Å². The first-order valence-corrected chi connectivity index (χ1v) is 4.41. The molecule has 0 amide bonds. The van der Waals surface area contributed by atoms with E-state index in [9.17, 15) is 0 Å². The van der Waals surface area contributed by atoms with Gasteiger partial charge in [-0.1, -0.05) is 4.98 Å². The molecule has 2 heterocycles. The van der Waals surface area contributed by atoms with Crippen LogP contribution in [0.15, 0.2) is 37.2 Å². The van der Waals surface area contributed by atoms with Crippen LogP contribution in [0, 0.1) is 6.92 Å². The maximum absolute atomic E-state index is 4.11. The Bertz CT molecular complexity index is 413. The van der Waals surface area contributed by atoms with E-state index in [4.69, 9.17) is 0 Å². The Labute approximate surface area is 82.3 Å². The number of hydrogen-bond acceptors (Lipinski definition) is 3. The molecule has 0 aliphatic rings. The minimum atomic E-state index is 0.782.